The standard InChI is InChI=1S/C14H15BrN2OS/c15-11-3-5-12(6-4-11)17-10-14(18)16-8-7-13-2-1-9-19-13/h1-6,9,17H,7-8,10H2,(H,16,18). The molecule has 0 saturated carbocycles. The van der Waals surface area contributed by atoms with Crippen LogP contribution in [0.2, 0.25) is 0 Å². The van der Waals surface area contributed by atoms with Crippen LogP contribution >= 0.6 is 27.3 Å². The summed E-state index contributed by atoms with van der Waals surface area (Å²) >= 11 is 5.09. The summed E-state index contributed by atoms with van der Waals surface area (Å²) in [5.74, 6) is 0.0134. The van der Waals surface area contributed by atoms with Gasteiger partial charge in [-0.2, -0.15) is 0 Å². The SMILES string of the molecule is O=C(CNc1ccc(Br)cc1)NCCc1cccs1. The van der Waals surface area contributed by atoms with Gasteiger partial charge < -0.3 is 10.6 Å². The average Bonchev–Trinajstić information content (AvgIpc) is 2.91. The van der Waals surface area contributed by atoms with E-state index in [1.54, 1.807) is 11.3 Å². The average molecular weight is 339 g/mol. The van der Waals surface area contributed by atoms with E-state index >= 15 is 0 Å². The number of nitrogens with one attached hydrogen (secondary N) is 2. The largest absolute Gasteiger partial charge is 0.376 e. The lowest BCUT2D eigenvalue weighted by Gasteiger charge is -2.07. The van der Waals surface area contributed by atoms with Crippen molar-refractivity contribution in [3.63, 3.8) is 0 Å². The van der Waals surface area contributed by atoms with Crippen LogP contribution in [0.15, 0.2) is 46.3 Å². The maximum Gasteiger partial charge on any atom is 0.239 e. The van der Waals surface area contributed by atoms with Gasteiger partial charge in [-0.1, -0.05) is 22.0 Å². The van der Waals surface area contributed by atoms with Crippen LogP contribution in [0.5, 0.6) is 0 Å². The Bertz CT molecular complexity index is 511. The van der Waals surface area contributed by atoms with Gasteiger partial charge in [0.2, 0.25) is 5.91 Å². The number of benzene rings is 1. The summed E-state index contributed by atoms with van der Waals surface area (Å²) in [6, 6.07) is 11.9. The number of hydrogen-bond acceptors (Lipinski definition) is 3. The first kappa shape index (κ1) is 14.1. The van der Waals surface area contributed by atoms with Crippen molar-refractivity contribution in [3.8, 4) is 0 Å². The highest BCUT2D eigenvalue weighted by Gasteiger charge is 2.01. The van der Waals surface area contributed by atoms with E-state index in [0.29, 0.717) is 13.1 Å². The first-order valence-electron chi connectivity index (χ1n) is 6.02. The smallest absolute Gasteiger partial charge is 0.239 e. The molecule has 5 heteroatoms. The highest BCUT2D eigenvalue weighted by atomic mass is 79.9. The van der Waals surface area contributed by atoms with Crippen LogP contribution in [0.1, 0.15) is 4.88 Å². The van der Waals surface area contributed by atoms with Gasteiger partial charge in [0.1, 0.15) is 0 Å². The van der Waals surface area contributed by atoms with Gasteiger partial charge in [0.25, 0.3) is 0 Å². The monoisotopic (exact) mass is 338 g/mol. The molecule has 2 rings (SSSR count). The summed E-state index contributed by atoms with van der Waals surface area (Å²) in [6.07, 6.45) is 0.891. The van der Waals surface area contributed by atoms with E-state index in [0.717, 1.165) is 16.6 Å². The first-order chi connectivity index (χ1) is 9.24. The summed E-state index contributed by atoms with van der Waals surface area (Å²) in [4.78, 5) is 12.9. The molecular weight excluding hydrogens is 324 g/mol. The van der Waals surface area contributed by atoms with Crippen molar-refractivity contribution >= 4 is 38.9 Å². The van der Waals surface area contributed by atoms with Crippen LogP contribution in [0.4, 0.5) is 5.69 Å². The van der Waals surface area contributed by atoms with Crippen LogP contribution in [-0.2, 0) is 11.2 Å². The van der Waals surface area contributed by atoms with Crippen molar-refractivity contribution in [2.45, 2.75) is 6.42 Å². The molecular formula is C14H15BrN2OS. The highest BCUT2D eigenvalue weighted by Crippen LogP contribution is 2.13. The Morgan fingerprint density at radius 1 is 1.21 bits per heavy atom. The van der Waals surface area contributed by atoms with Crippen molar-refractivity contribution in [1.82, 2.24) is 5.32 Å². The first-order valence-corrected chi connectivity index (χ1v) is 7.70. The van der Waals surface area contributed by atoms with Gasteiger partial charge in [-0.05, 0) is 42.1 Å². The van der Waals surface area contributed by atoms with Crippen LogP contribution in [0.25, 0.3) is 0 Å². The Morgan fingerprint density at radius 2 is 2.00 bits per heavy atom. The molecule has 0 bridgehead atoms. The number of amides is 1. The summed E-state index contributed by atoms with van der Waals surface area (Å²) in [5, 5.41) is 8.03. The van der Waals surface area contributed by atoms with E-state index < -0.39 is 0 Å². The van der Waals surface area contributed by atoms with E-state index in [9.17, 15) is 4.79 Å². The summed E-state index contributed by atoms with van der Waals surface area (Å²) in [5.41, 5.74) is 0.941. The summed E-state index contributed by atoms with van der Waals surface area (Å²) < 4.78 is 1.03. The third-order valence-corrected chi connectivity index (χ3v) is 4.04. The topological polar surface area (TPSA) is 41.1 Å². The van der Waals surface area contributed by atoms with Crippen LogP contribution in [0.3, 0.4) is 0 Å². The molecule has 0 spiro atoms. The normalized spacial score (nSPS) is 10.2. The fourth-order valence-corrected chi connectivity index (χ4v) is 2.57. The van der Waals surface area contributed by atoms with Crippen molar-refractivity contribution in [1.29, 1.82) is 0 Å². The maximum absolute atomic E-state index is 11.6. The van der Waals surface area contributed by atoms with E-state index in [-0.39, 0.29) is 5.91 Å². The Morgan fingerprint density at radius 3 is 2.68 bits per heavy atom. The van der Waals surface area contributed by atoms with Crippen molar-refractivity contribution in [2.24, 2.45) is 0 Å². The molecule has 0 atom stereocenters. The van der Waals surface area contributed by atoms with Gasteiger partial charge in [-0.3, -0.25) is 4.79 Å². The molecule has 2 N–H and O–H groups in total. The molecule has 0 aliphatic heterocycles. The predicted octanol–water partition coefficient (Wildman–Crippen LogP) is 3.28. The number of halogens is 1. The molecule has 0 unspecified atom stereocenters. The fourth-order valence-electron chi connectivity index (χ4n) is 1.59. The van der Waals surface area contributed by atoms with Crippen LogP contribution < -0.4 is 10.6 Å². The lowest BCUT2D eigenvalue weighted by atomic mass is 10.3. The number of anilines is 1. The van der Waals surface area contributed by atoms with Crippen molar-refractivity contribution in [2.75, 3.05) is 18.4 Å². The van der Waals surface area contributed by atoms with E-state index in [2.05, 4.69) is 32.6 Å². The fraction of sp³-hybridized carbons (Fsp3) is 0.214. The molecule has 1 heterocycles. The number of hydrogen-bond donors (Lipinski definition) is 2. The Kier molecular flexibility index (Phi) is 5.42. The number of carbonyl (C=O) groups excluding carboxylic acids is 1. The highest BCUT2D eigenvalue weighted by molar-refractivity contribution is 9.10. The minimum Gasteiger partial charge on any atom is -0.376 e. The quantitative estimate of drug-likeness (QED) is 0.848. The second-order valence-corrected chi connectivity index (χ2v) is 5.99. The molecule has 100 valence electrons. The Balaban J connectivity index is 1.65. The number of thiophene rings is 1. The number of rotatable bonds is 6. The molecule has 2 aromatic rings. The number of carbonyl (C=O) groups is 1. The Hall–Kier alpha value is -1.33. The predicted molar refractivity (Wildman–Crippen MR) is 83.7 cm³/mol. The summed E-state index contributed by atoms with van der Waals surface area (Å²) in [6.45, 7) is 0.980. The Labute approximate surface area is 125 Å². The molecule has 1 amide bonds. The minimum absolute atomic E-state index is 0.0134. The van der Waals surface area contributed by atoms with E-state index in [4.69, 9.17) is 0 Å². The molecule has 0 radical (unpaired) electrons. The molecule has 19 heavy (non-hydrogen) atoms. The third-order valence-electron chi connectivity index (χ3n) is 2.57. The van der Waals surface area contributed by atoms with Crippen LogP contribution in [-0.4, -0.2) is 19.0 Å². The molecule has 0 fully saturated rings. The van der Waals surface area contributed by atoms with Gasteiger partial charge in [-0.25, -0.2) is 0 Å². The minimum atomic E-state index is 0.0134. The van der Waals surface area contributed by atoms with Crippen LogP contribution in [0, 0.1) is 0 Å². The maximum atomic E-state index is 11.6. The molecule has 0 aliphatic rings. The van der Waals surface area contributed by atoms with Gasteiger partial charge in [0.05, 0.1) is 6.54 Å². The molecule has 0 aliphatic carbocycles. The van der Waals surface area contributed by atoms with Gasteiger partial charge in [0, 0.05) is 21.6 Å². The van der Waals surface area contributed by atoms with Crippen molar-refractivity contribution in [3.05, 3.63) is 51.1 Å². The zero-order valence-corrected chi connectivity index (χ0v) is 12.8. The second kappa shape index (κ2) is 7.31. The van der Waals surface area contributed by atoms with Crippen molar-refractivity contribution < 1.29 is 4.79 Å². The molecule has 0 saturated heterocycles. The molecule has 1 aromatic carbocycles. The van der Waals surface area contributed by atoms with Gasteiger partial charge >= 0.3 is 0 Å². The lowest BCUT2D eigenvalue weighted by Crippen LogP contribution is -2.31. The summed E-state index contributed by atoms with van der Waals surface area (Å²) in [7, 11) is 0. The van der Waals surface area contributed by atoms with E-state index in [1.165, 1.54) is 4.88 Å². The second-order valence-electron chi connectivity index (χ2n) is 4.04. The molecule has 3 nitrogen and oxygen atoms in total. The van der Waals surface area contributed by atoms with E-state index in [1.807, 2.05) is 35.7 Å². The third kappa shape index (κ3) is 5.04. The zero-order valence-electron chi connectivity index (χ0n) is 10.4. The molecule has 1 aromatic heterocycles. The van der Waals surface area contributed by atoms with Gasteiger partial charge in [0.15, 0.2) is 0 Å². The zero-order chi connectivity index (χ0) is 13.5. The van der Waals surface area contributed by atoms with Gasteiger partial charge in [-0.15, -0.1) is 11.3 Å². The lowest BCUT2D eigenvalue weighted by molar-refractivity contribution is -0.119.